The van der Waals surface area contributed by atoms with Crippen molar-refractivity contribution in [3.05, 3.63) is 74.4 Å². The highest BCUT2D eigenvalue weighted by molar-refractivity contribution is 14.1. The summed E-state index contributed by atoms with van der Waals surface area (Å²) in [6.07, 6.45) is 4.47. The van der Waals surface area contributed by atoms with Crippen LogP contribution in [0.1, 0.15) is 10.4 Å². The Labute approximate surface area is 160 Å². The van der Waals surface area contributed by atoms with Crippen molar-refractivity contribution >= 4 is 45.6 Å². The first-order chi connectivity index (χ1) is 12.5. The number of amides is 1. The Balaban J connectivity index is 2.16. The number of halogens is 1. The van der Waals surface area contributed by atoms with Crippen LogP contribution >= 0.6 is 22.6 Å². The Morgan fingerprint density at radius 2 is 2.00 bits per heavy atom. The second-order valence-corrected chi connectivity index (χ2v) is 6.43. The molecule has 132 valence electrons. The molecule has 1 amide bonds. The predicted molar refractivity (Wildman–Crippen MR) is 102 cm³/mol. The molecule has 2 aromatic carbocycles. The number of hydroxylamine groups is 1. The Bertz CT molecular complexity index is 958. The van der Waals surface area contributed by atoms with Crippen molar-refractivity contribution in [2.45, 2.75) is 0 Å². The topological polar surface area (TPSA) is 122 Å². The lowest BCUT2D eigenvalue weighted by Gasteiger charge is -2.14. The quantitative estimate of drug-likeness (QED) is 0.230. The summed E-state index contributed by atoms with van der Waals surface area (Å²) < 4.78 is 2.50. The largest absolute Gasteiger partial charge is 0.355 e. The van der Waals surface area contributed by atoms with E-state index in [4.69, 9.17) is 5.21 Å². The van der Waals surface area contributed by atoms with Crippen LogP contribution in [0.3, 0.4) is 0 Å². The molecule has 0 aliphatic heterocycles. The van der Waals surface area contributed by atoms with Crippen molar-refractivity contribution in [1.82, 2.24) is 15.0 Å². The number of hydrogen-bond donors (Lipinski definition) is 3. The van der Waals surface area contributed by atoms with Gasteiger partial charge in [0.15, 0.2) is 0 Å². The van der Waals surface area contributed by atoms with E-state index in [1.54, 1.807) is 18.3 Å². The Morgan fingerprint density at radius 1 is 1.27 bits per heavy atom. The standard InChI is InChI=1S/C16H12IN5O4/c17-10-1-3-11(4-2-10)19-13-8-14(21-6-5-18-9-21)15(22(25)26)7-12(13)16(23)20-24/h1-9,19,24H,(H,20,23). The number of aromatic nitrogens is 2. The molecule has 1 heterocycles. The highest BCUT2D eigenvalue weighted by Gasteiger charge is 2.23. The van der Waals surface area contributed by atoms with E-state index in [9.17, 15) is 14.9 Å². The molecule has 0 unspecified atom stereocenters. The summed E-state index contributed by atoms with van der Waals surface area (Å²) in [6.45, 7) is 0. The number of nitrogens with zero attached hydrogens (tertiary/aromatic N) is 3. The lowest BCUT2D eigenvalue weighted by Crippen LogP contribution is -2.20. The molecule has 26 heavy (non-hydrogen) atoms. The number of nitrogens with one attached hydrogen (secondary N) is 2. The van der Waals surface area contributed by atoms with Crippen molar-refractivity contribution in [1.29, 1.82) is 0 Å². The molecule has 1 aromatic heterocycles. The SMILES string of the molecule is O=C(NO)c1cc([N+](=O)[O-])c(-n2ccnc2)cc1Nc1ccc(I)cc1. The number of carbonyl (C=O) groups excluding carboxylic acids is 1. The minimum atomic E-state index is -0.863. The molecule has 0 radical (unpaired) electrons. The van der Waals surface area contributed by atoms with Gasteiger partial charge < -0.3 is 9.88 Å². The Hall–Kier alpha value is -2.99. The summed E-state index contributed by atoms with van der Waals surface area (Å²) in [5.41, 5.74) is 2.36. The second-order valence-electron chi connectivity index (χ2n) is 5.19. The first-order valence-corrected chi connectivity index (χ1v) is 8.35. The number of nitro groups is 1. The summed E-state index contributed by atoms with van der Waals surface area (Å²) >= 11 is 2.16. The van der Waals surface area contributed by atoms with Gasteiger partial charge in [-0.05, 0) is 52.9 Å². The van der Waals surface area contributed by atoms with Crippen LogP contribution in [0.25, 0.3) is 5.69 Å². The third-order valence-corrected chi connectivity index (χ3v) is 4.28. The zero-order chi connectivity index (χ0) is 18.7. The number of imidazole rings is 1. The van der Waals surface area contributed by atoms with Crippen molar-refractivity contribution < 1.29 is 14.9 Å². The van der Waals surface area contributed by atoms with Gasteiger partial charge in [0.2, 0.25) is 0 Å². The minimum absolute atomic E-state index is 0.0679. The smallest absolute Gasteiger partial charge is 0.294 e. The van der Waals surface area contributed by atoms with E-state index in [0.29, 0.717) is 11.4 Å². The van der Waals surface area contributed by atoms with Gasteiger partial charge in [0, 0.05) is 27.7 Å². The molecule has 0 spiro atoms. The van der Waals surface area contributed by atoms with Crippen LogP contribution in [0.5, 0.6) is 0 Å². The summed E-state index contributed by atoms with van der Waals surface area (Å²) in [6, 6.07) is 9.92. The highest BCUT2D eigenvalue weighted by atomic mass is 127. The maximum atomic E-state index is 12.0. The molecule has 3 rings (SSSR count). The molecule has 0 saturated heterocycles. The summed E-state index contributed by atoms with van der Waals surface area (Å²) in [4.78, 5) is 26.7. The van der Waals surface area contributed by atoms with Crippen molar-refractivity contribution in [2.24, 2.45) is 0 Å². The molecule has 0 aliphatic carbocycles. The highest BCUT2D eigenvalue weighted by Crippen LogP contribution is 2.32. The molecule has 3 N–H and O–H groups in total. The molecular weight excluding hydrogens is 453 g/mol. The fraction of sp³-hybridized carbons (Fsp3) is 0. The molecular formula is C16H12IN5O4. The van der Waals surface area contributed by atoms with E-state index in [-0.39, 0.29) is 16.9 Å². The summed E-state index contributed by atoms with van der Waals surface area (Å²) in [5, 5.41) is 23.5. The summed E-state index contributed by atoms with van der Waals surface area (Å²) in [7, 11) is 0. The molecule has 0 aliphatic rings. The van der Waals surface area contributed by atoms with Gasteiger partial charge >= 0.3 is 0 Å². The average Bonchev–Trinajstić information content (AvgIpc) is 3.17. The van der Waals surface area contributed by atoms with Gasteiger partial charge in [-0.25, -0.2) is 10.5 Å². The Kier molecular flexibility index (Phi) is 5.14. The number of carbonyl (C=O) groups is 1. The lowest BCUT2D eigenvalue weighted by atomic mass is 10.1. The van der Waals surface area contributed by atoms with E-state index < -0.39 is 10.8 Å². The molecule has 0 fully saturated rings. The van der Waals surface area contributed by atoms with Crippen LogP contribution in [0.2, 0.25) is 0 Å². The van der Waals surface area contributed by atoms with Crippen LogP contribution in [-0.4, -0.2) is 25.6 Å². The van der Waals surface area contributed by atoms with Gasteiger partial charge in [-0.2, -0.15) is 0 Å². The number of nitro benzene ring substituents is 1. The van der Waals surface area contributed by atoms with E-state index in [2.05, 4.69) is 32.9 Å². The number of rotatable bonds is 5. The van der Waals surface area contributed by atoms with Crippen LogP contribution in [-0.2, 0) is 0 Å². The van der Waals surface area contributed by atoms with E-state index in [0.717, 1.165) is 9.64 Å². The van der Waals surface area contributed by atoms with Crippen molar-refractivity contribution in [3.63, 3.8) is 0 Å². The van der Waals surface area contributed by atoms with Gasteiger partial charge in [0.05, 0.1) is 22.5 Å². The fourth-order valence-corrected chi connectivity index (χ4v) is 2.73. The van der Waals surface area contributed by atoms with Gasteiger partial charge in [-0.15, -0.1) is 0 Å². The van der Waals surface area contributed by atoms with Gasteiger partial charge in [-0.1, -0.05) is 0 Å². The molecule has 0 saturated carbocycles. The zero-order valence-corrected chi connectivity index (χ0v) is 15.2. The third kappa shape index (κ3) is 3.65. The maximum absolute atomic E-state index is 12.0. The Morgan fingerprint density at radius 3 is 2.58 bits per heavy atom. The van der Waals surface area contributed by atoms with Crippen LogP contribution in [0.15, 0.2) is 55.1 Å². The molecule has 0 atom stereocenters. The average molecular weight is 465 g/mol. The first-order valence-electron chi connectivity index (χ1n) is 7.27. The predicted octanol–water partition coefficient (Wildman–Crippen LogP) is 3.25. The van der Waals surface area contributed by atoms with Crippen LogP contribution < -0.4 is 10.8 Å². The maximum Gasteiger partial charge on any atom is 0.294 e. The van der Waals surface area contributed by atoms with E-state index in [1.807, 2.05) is 12.1 Å². The first kappa shape index (κ1) is 17.8. The molecule has 0 bridgehead atoms. The normalized spacial score (nSPS) is 10.4. The third-order valence-electron chi connectivity index (χ3n) is 3.56. The van der Waals surface area contributed by atoms with Gasteiger partial charge in [0.1, 0.15) is 5.69 Å². The van der Waals surface area contributed by atoms with Crippen LogP contribution in [0, 0.1) is 13.7 Å². The van der Waals surface area contributed by atoms with Gasteiger partial charge in [0.25, 0.3) is 11.6 Å². The monoisotopic (exact) mass is 465 g/mol. The fourth-order valence-electron chi connectivity index (χ4n) is 2.37. The van der Waals surface area contributed by atoms with Crippen molar-refractivity contribution in [3.8, 4) is 5.69 Å². The van der Waals surface area contributed by atoms with Crippen molar-refractivity contribution in [2.75, 3.05) is 5.32 Å². The number of benzene rings is 2. The molecule has 10 heteroatoms. The van der Waals surface area contributed by atoms with Crippen LogP contribution in [0.4, 0.5) is 17.1 Å². The van der Waals surface area contributed by atoms with E-state index >= 15 is 0 Å². The van der Waals surface area contributed by atoms with Gasteiger partial charge in [-0.3, -0.25) is 20.1 Å². The van der Waals surface area contributed by atoms with E-state index in [1.165, 1.54) is 28.6 Å². The summed E-state index contributed by atoms with van der Waals surface area (Å²) in [5.74, 6) is -0.863. The minimum Gasteiger partial charge on any atom is -0.355 e. The lowest BCUT2D eigenvalue weighted by molar-refractivity contribution is -0.384. The molecule has 9 nitrogen and oxygen atoms in total. The second kappa shape index (κ2) is 7.49. The molecule has 3 aromatic rings. The number of hydrogen-bond acceptors (Lipinski definition) is 6. The zero-order valence-electron chi connectivity index (χ0n) is 13.1. The number of anilines is 2.